The second-order valence-corrected chi connectivity index (χ2v) is 6.32. The maximum Gasteiger partial charge on any atom is 0.318 e. The minimum Gasteiger partial charge on any atom is -0.376 e. The first-order valence-corrected chi connectivity index (χ1v) is 8.34. The molecule has 1 N–H and O–H groups in total. The molecule has 25 heavy (non-hydrogen) atoms. The normalized spacial score (nSPS) is 18.1. The summed E-state index contributed by atoms with van der Waals surface area (Å²) in [5, 5.41) is 6.90. The minimum absolute atomic E-state index is 0.114. The lowest BCUT2D eigenvalue weighted by Gasteiger charge is -2.27. The van der Waals surface area contributed by atoms with Gasteiger partial charge in [0.15, 0.2) is 0 Å². The first-order chi connectivity index (χ1) is 12.0. The molecule has 0 saturated carbocycles. The fourth-order valence-corrected chi connectivity index (χ4v) is 2.98. The zero-order valence-corrected chi connectivity index (χ0v) is 14.4. The highest BCUT2D eigenvalue weighted by molar-refractivity contribution is 5.74. The monoisotopic (exact) mass is 347 g/mol. The van der Waals surface area contributed by atoms with Gasteiger partial charge >= 0.3 is 6.03 Å². The molecule has 0 bridgehead atoms. The molecule has 1 aliphatic heterocycles. The second kappa shape index (κ2) is 7.65. The van der Waals surface area contributed by atoms with Crippen molar-refractivity contribution in [3.8, 4) is 0 Å². The molecular formula is C18H22FN3O3. The lowest BCUT2D eigenvalue weighted by atomic mass is 9.99. The fraction of sp³-hybridized carbons (Fsp3) is 0.444. The third-order valence-electron chi connectivity index (χ3n) is 4.27. The summed E-state index contributed by atoms with van der Waals surface area (Å²) < 4.78 is 24.0. The number of benzene rings is 1. The Labute approximate surface area is 145 Å². The van der Waals surface area contributed by atoms with E-state index in [4.69, 9.17) is 9.26 Å². The number of aryl methyl sites for hydroxylation is 1. The quantitative estimate of drug-likeness (QED) is 0.902. The van der Waals surface area contributed by atoms with Gasteiger partial charge in [0, 0.05) is 19.7 Å². The minimum atomic E-state index is -0.322. The van der Waals surface area contributed by atoms with Crippen LogP contribution < -0.4 is 5.32 Å². The number of aromatic nitrogens is 1. The summed E-state index contributed by atoms with van der Waals surface area (Å²) >= 11 is 0. The van der Waals surface area contributed by atoms with Crippen LogP contribution >= 0.6 is 0 Å². The number of carbonyl (C=O) groups excluding carboxylic acids is 1. The van der Waals surface area contributed by atoms with E-state index in [0.717, 1.165) is 18.4 Å². The summed E-state index contributed by atoms with van der Waals surface area (Å²) in [7, 11) is 1.69. The van der Waals surface area contributed by atoms with Crippen LogP contribution in [0.5, 0.6) is 0 Å². The summed E-state index contributed by atoms with van der Waals surface area (Å²) in [6.07, 6.45) is 1.69. The first-order valence-electron chi connectivity index (χ1n) is 8.34. The van der Waals surface area contributed by atoms with Crippen molar-refractivity contribution in [2.45, 2.75) is 38.5 Å². The van der Waals surface area contributed by atoms with Gasteiger partial charge in [0.25, 0.3) is 0 Å². The lowest BCUT2D eigenvalue weighted by molar-refractivity contribution is 0.0784. The Morgan fingerprint density at radius 2 is 2.20 bits per heavy atom. The van der Waals surface area contributed by atoms with Crippen molar-refractivity contribution in [1.82, 2.24) is 15.4 Å². The molecule has 0 spiro atoms. The van der Waals surface area contributed by atoms with Crippen molar-refractivity contribution in [3.05, 3.63) is 53.2 Å². The largest absolute Gasteiger partial charge is 0.376 e. The summed E-state index contributed by atoms with van der Waals surface area (Å²) in [5.41, 5.74) is 1.51. The lowest BCUT2D eigenvalue weighted by Crippen LogP contribution is -2.42. The zero-order valence-electron chi connectivity index (χ0n) is 14.4. The van der Waals surface area contributed by atoms with Crippen molar-refractivity contribution in [2.24, 2.45) is 0 Å². The molecule has 7 heteroatoms. The van der Waals surface area contributed by atoms with Gasteiger partial charge in [0.05, 0.1) is 18.7 Å². The third kappa shape index (κ3) is 4.36. The van der Waals surface area contributed by atoms with Crippen LogP contribution in [0.4, 0.5) is 9.18 Å². The molecule has 0 unspecified atom stereocenters. The molecule has 1 aliphatic rings. The van der Waals surface area contributed by atoms with Crippen LogP contribution in [-0.4, -0.2) is 35.8 Å². The van der Waals surface area contributed by atoms with Gasteiger partial charge in [-0.3, -0.25) is 0 Å². The first kappa shape index (κ1) is 17.4. The van der Waals surface area contributed by atoms with Crippen molar-refractivity contribution >= 4 is 6.03 Å². The highest BCUT2D eigenvalue weighted by Crippen LogP contribution is 2.27. The van der Waals surface area contributed by atoms with E-state index in [9.17, 15) is 9.18 Å². The zero-order chi connectivity index (χ0) is 17.8. The van der Waals surface area contributed by atoms with Gasteiger partial charge in [0.1, 0.15) is 17.3 Å². The van der Waals surface area contributed by atoms with Gasteiger partial charge in [-0.25, -0.2) is 9.18 Å². The van der Waals surface area contributed by atoms with E-state index in [2.05, 4.69) is 10.5 Å². The van der Waals surface area contributed by atoms with E-state index in [1.807, 2.05) is 0 Å². The van der Waals surface area contributed by atoms with Crippen LogP contribution in [0.25, 0.3) is 0 Å². The Balaban J connectivity index is 1.70. The van der Waals surface area contributed by atoms with Crippen molar-refractivity contribution in [3.63, 3.8) is 0 Å². The van der Waals surface area contributed by atoms with Gasteiger partial charge in [-0.05, 0) is 37.5 Å². The number of rotatable bonds is 5. The average Bonchev–Trinajstić information content (AvgIpc) is 3.25. The maximum atomic E-state index is 13.2. The number of hydrogen-bond donors (Lipinski definition) is 1. The average molecular weight is 347 g/mol. The Hall–Kier alpha value is -2.41. The standard InChI is InChI=1S/C18H22FN3O3/c1-12-10-15(21-25-12)11-22(2)18(23)20-17(16-4-3-9-24-16)13-5-7-14(19)8-6-13/h5-8,10,16-17H,3-4,9,11H2,1-2H3,(H,20,23)/t16-,17-/m0/s1. The molecule has 1 saturated heterocycles. The Morgan fingerprint density at radius 1 is 1.44 bits per heavy atom. The number of hydrogen-bond acceptors (Lipinski definition) is 4. The van der Waals surface area contributed by atoms with Crippen LogP contribution in [0.2, 0.25) is 0 Å². The number of halogens is 1. The van der Waals surface area contributed by atoms with Crippen LogP contribution in [0.1, 0.15) is 35.9 Å². The topological polar surface area (TPSA) is 67.6 Å². The predicted octanol–water partition coefficient (Wildman–Crippen LogP) is 3.18. The van der Waals surface area contributed by atoms with Crippen LogP contribution in [0.15, 0.2) is 34.9 Å². The highest BCUT2D eigenvalue weighted by Gasteiger charge is 2.29. The second-order valence-electron chi connectivity index (χ2n) is 6.32. The van der Waals surface area contributed by atoms with Gasteiger partial charge in [-0.2, -0.15) is 0 Å². The van der Waals surface area contributed by atoms with Crippen molar-refractivity contribution in [2.75, 3.05) is 13.7 Å². The Kier molecular flexibility index (Phi) is 5.33. The maximum absolute atomic E-state index is 13.2. The van der Waals surface area contributed by atoms with E-state index >= 15 is 0 Å². The number of nitrogens with zero attached hydrogens (tertiary/aromatic N) is 2. The molecule has 134 valence electrons. The molecular weight excluding hydrogens is 325 g/mol. The fourth-order valence-electron chi connectivity index (χ4n) is 2.98. The molecule has 1 fully saturated rings. The van der Waals surface area contributed by atoms with Gasteiger partial charge in [-0.15, -0.1) is 0 Å². The molecule has 2 aromatic rings. The number of ether oxygens (including phenoxy) is 1. The van der Waals surface area contributed by atoms with Crippen molar-refractivity contribution in [1.29, 1.82) is 0 Å². The van der Waals surface area contributed by atoms with Crippen molar-refractivity contribution < 1.29 is 18.4 Å². The molecule has 3 rings (SSSR count). The number of nitrogens with one attached hydrogen (secondary N) is 1. The van der Waals surface area contributed by atoms with E-state index < -0.39 is 0 Å². The van der Waals surface area contributed by atoms with Gasteiger partial charge in [-0.1, -0.05) is 17.3 Å². The van der Waals surface area contributed by atoms with Gasteiger partial charge in [0.2, 0.25) is 0 Å². The highest BCUT2D eigenvalue weighted by atomic mass is 19.1. The molecule has 0 aliphatic carbocycles. The van der Waals surface area contributed by atoms with Crippen LogP contribution in [0.3, 0.4) is 0 Å². The SMILES string of the molecule is Cc1cc(CN(C)C(=O)N[C@@H](c2ccc(F)cc2)[C@@H]2CCCO2)no1. The van der Waals surface area contributed by atoms with E-state index in [0.29, 0.717) is 24.6 Å². The molecule has 2 amide bonds. The Morgan fingerprint density at radius 3 is 2.80 bits per heavy atom. The summed E-state index contributed by atoms with van der Waals surface area (Å²) in [6, 6.07) is 7.38. The molecule has 1 aromatic carbocycles. The van der Waals surface area contributed by atoms with E-state index in [1.54, 1.807) is 32.2 Å². The molecule has 2 atom stereocenters. The predicted molar refractivity (Wildman–Crippen MR) is 89.4 cm³/mol. The smallest absolute Gasteiger partial charge is 0.318 e. The van der Waals surface area contributed by atoms with Crippen LogP contribution in [-0.2, 0) is 11.3 Å². The Bertz CT molecular complexity index is 711. The third-order valence-corrected chi connectivity index (χ3v) is 4.27. The summed E-state index contributed by atoms with van der Waals surface area (Å²) in [5.74, 6) is 0.395. The molecule has 0 radical (unpaired) electrons. The number of carbonyl (C=O) groups is 1. The summed E-state index contributed by atoms with van der Waals surface area (Å²) in [4.78, 5) is 14.1. The van der Waals surface area contributed by atoms with E-state index in [-0.39, 0.29) is 24.0 Å². The molecule has 1 aromatic heterocycles. The molecule has 6 nitrogen and oxygen atoms in total. The van der Waals surface area contributed by atoms with Gasteiger partial charge < -0.3 is 19.5 Å². The number of amides is 2. The van der Waals surface area contributed by atoms with E-state index in [1.165, 1.54) is 17.0 Å². The molecule has 2 heterocycles. The van der Waals surface area contributed by atoms with Crippen LogP contribution in [0, 0.1) is 12.7 Å². The number of urea groups is 1. The summed E-state index contributed by atoms with van der Waals surface area (Å²) in [6.45, 7) is 2.82.